The molecule has 0 bridgehead atoms. The summed E-state index contributed by atoms with van der Waals surface area (Å²) in [4.78, 5) is 18.7. The monoisotopic (exact) mass is 344 g/mol. The van der Waals surface area contributed by atoms with Gasteiger partial charge in [0.2, 0.25) is 0 Å². The van der Waals surface area contributed by atoms with Gasteiger partial charge in [-0.2, -0.15) is 0 Å². The van der Waals surface area contributed by atoms with E-state index in [1.807, 2.05) is 6.92 Å². The third-order valence-electron chi connectivity index (χ3n) is 4.56. The summed E-state index contributed by atoms with van der Waals surface area (Å²) in [5.41, 5.74) is 4.60. The summed E-state index contributed by atoms with van der Waals surface area (Å²) in [5, 5.41) is 7.33. The molecule has 0 spiro atoms. The third kappa shape index (κ3) is 2.88. The molecule has 2 aromatic heterocycles. The Hall–Kier alpha value is -1.46. The smallest absolute Gasteiger partial charge is 0.251 e. The van der Waals surface area contributed by atoms with Crippen molar-refractivity contribution in [2.24, 2.45) is 0 Å². The lowest BCUT2D eigenvalue weighted by molar-refractivity contribution is -0.113. The van der Waals surface area contributed by atoms with Crippen molar-refractivity contribution < 1.29 is 4.79 Å². The van der Waals surface area contributed by atoms with Gasteiger partial charge in [-0.15, -0.1) is 22.7 Å². The van der Waals surface area contributed by atoms with Gasteiger partial charge in [-0.3, -0.25) is 4.79 Å². The fraction of sp³-hybridized carbons (Fsp3) is 0.444. The molecule has 0 saturated carbocycles. The normalized spacial score (nSPS) is 17.0. The van der Waals surface area contributed by atoms with E-state index in [-0.39, 0.29) is 5.91 Å². The van der Waals surface area contributed by atoms with Gasteiger partial charge in [-0.05, 0) is 57.4 Å². The number of hydrogen-bond donors (Lipinski definition) is 1. The molecular weight excluding hydrogens is 324 g/mol. The first-order chi connectivity index (χ1) is 11.2. The number of aryl methyl sites for hydroxylation is 2. The number of aromatic nitrogens is 1. The molecule has 0 radical (unpaired) electrons. The topological polar surface area (TPSA) is 42.0 Å². The second-order valence-corrected chi connectivity index (χ2v) is 8.25. The molecular formula is C18H20N2OS2. The highest BCUT2D eigenvalue weighted by atomic mass is 32.1. The maximum Gasteiger partial charge on any atom is 0.251 e. The zero-order valence-electron chi connectivity index (χ0n) is 13.3. The number of allylic oxidation sites excluding steroid dienone is 1. The summed E-state index contributed by atoms with van der Waals surface area (Å²) >= 11 is 3.43. The highest BCUT2D eigenvalue weighted by molar-refractivity contribution is 7.18. The van der Waals surface area contributed by atoms with Crippen LogP contribution in [0.5, 0.6) is 0 Å². The lowest BCUT2D eigenvalue weighted by Gasteiger charge is -2.13. The number of amides is 1. The second-order valence-electron chi connectivity index (χ2n) is 6.28. The first-order valence-corrected chi connectivity index (χ1v) is 9.99. The summed E-state index contributed by atoms with van der Waals surface area (Å²) in [6.07, 6.45) is 9.83. The first kappa shape index (κ1) is 15.1. The van der Waals surface area contributed by atoms with Crippen LogP contribution in [0.15, 0.2) is 17.0 Å². The van der Waals surface area contributed by atoms with Crippen LogP contribution in [0.4, 0.5) is 5.00 Å². The third-order valence-corrected chi connectivity index (χ3v) is 6.75. The first-order valence-electron chi connectivity index (χ1n) is 8.30. The quantitative estimate of drug-likeness (QED) is 0.841. The summed E-state index contributed by atoms with van der Waals surface area (Å²) in [5.74, 6) is 0.0825. The fourth-order valence-corrected chi connectivity index (χ4v) is 5.64. The highest BCUT2D eigenvalue weighted by Crippen LogP contribution is 2.46. The van der Waals surface area contributed by atoms with Crippen LogP contribution in [0.1, 0.15) is 48.2 Å². The molecule has 1 N–H and O–H groups in total. The van der Waals surface area contributed by atoms with E-state index in [2.05, 4.69) is 21.8 Å². The lowest BCUT2D eigenvalue weighted by atomic mass is 9.99. The molecule has 2 aromatic rings. The fourth-order valence-electron chi connectivity index (χ4n) is 3.42. The van der Waals surface area contributed by atoms with E-state index in [1.54, 1.807) is 22.7 Å². The zero-order valence-corrected chi connectivity index (χ0v) is 14.9. The Morgan fingerprint density at radius 2 is 2.13 bits per heavy atom. The number of hydrogen-bond acceptors (Lipinski definition) is 4. The van der Waals surface area contributed by atoms with Gasteiger partial charge in [0.15, 0.2) is 0 Å². The largest absolute Gasteiger partial charge is 0.313 e. The number of carbonyl (C=O) groups excluding carboxylic acids is 1. The number of thiophene rings is 1. The van der Waals surface area contributed by atoms with Crippen molar-refractivity contribution in [3.05, 3.63) is 33.2 Å². The van der Waals surface area contributed by atoms with Gasteiger partial charge in [0.1, 0.15) is 10.0 Å². The van der Waals surface area contributed by atoms with Crippen LogP contribution in [0.2, 0.25) is 0 Å². The number of fused-ring (bicyclic) bond motifs is 1. The molecule has 120 valence electrons. The van der Waals surface area contributed by atoms with E-state index in [9.17, 15) is 4.79 Å². The molecule has 5 heteroatoms. The Morgan fingerprint density at radius 1 is 1.22 bits per heavy atom. The number of nitrogens with one attached hydrogen (secondary N) is 1. The van der Waals surface area contributed by atoms with E-state index in [4.69, 9.17) is 0 Å². The molecule has 0 unspecified atom stereocenters. The standard InChI is InChI=1S/C18H20N2OS2/c1-11-10-22-17(19-11)15-13-8-5-9-14(13)23-18(15)20-16(21)12-6-3-2-4-7-12/h6,10H,2-5,7-9H2,1H3,(H,20,21). The van der Waals surface area contributed by atoms with Crippen molar-refractivity contribution >= 4 is 33.6 Å². The van der Waals surface area contributed by atoms with Crippen LogP contribution in [-0.2, 0) is 17.6 Å². The summed E-state index contributed by atoms with van der Waals surface area (Å²) in [6.45, 7) is 2.03. The summed E-state index contributed by atoms with van der Waals surface area (Å²) < 4.78 is 0. The Kier molecular flexibility index (Phi) is 4.07. The average molecular weight is 345 g/mol. The molecule has 23 heavy (non-hydrogen) atoms. The van der Waals surface area contributed by atoms with Crippen molar-refractivity contribution in [3.8, 4) is 10.6 Å². The number of nitrogens with zero attached hydrogens (tertiary/aromatic N) is 1. The number of carbonyl (C=O) groups is 1. The Bertz CT molecular complexity index is 785. The van der Waals surface area contributed by atoms with Gasteiger partial charge < -0.3 is 5.32 Å². The summed E-state index contributed by atoms with van der Waals surface area (Å²) in [7, 11) is 0. The predicted octanol–water partition coefficient (Wildman–Crippen LogP) is 5.11. The van der Waals surface area contributed by atoms with Crippen molar-refractivity contribution in [1.82, 2.24) is 4.98 Å². The molecule has 3 nitrogen and oxygen atoms in total. The van der Waals surface area contributed by atoms with Gasteiger partial charge in [0, 0.05) is 27.1 Å². The van der Waals surface area contributed by atoms with E-state index in [0.29, 0.717) is 0 Å². The number of anilines is 1. The summed E-state index contributed by atoms with van der Waals surface area (Å²) in [6, 6.07) is 0. The maximum atomic E-state index is 12.6. The van der Waals surface area contributed by atoms with Gasteiger partial charge in [-0.1, -0.05) is 6.08 Å². The van der Waals surface area contributed by atoms with Crippen LogP contribution < -0.4 is 5.32 Å². The Labute approximate surface area is 144 Å². The van der Waals surface area contributed by atoms with Crippen LogP contribution in [-0.4, -0.2) is 10.9 Å². The molecule has 2 aliphatic rings. The molecule has 2 heterocycles. The SMILES string of the molecule is Cc1csc(-c2c(NC(=O)C3=CCCCC3)sc3c2CCC3)n1. The van der Waals surface area contributed by atoms with Gasteiger partial charge >= 0.3 is 0 Å². The minimum absolute atomic E-state index is 0.0825. The second kappa shape index (κ2) is 6.21. The molecule has 0 atom stereocenters. The van der Waals surface area contributed by atoms with E-state index in [1.165, 1.54) is 28.8 Å². The predicted molar refractivity (Wildman–Crippen MR) is 97.4 cm³/mol. The van der Waals surface area contributed by atoms with Gasteiger partial charge in [0.25, 0.3) is 5.91 Å². The van der Waals surface area contributed by atoms with E-state index < -0.39 is 0 Å². The minimum atomic E-state index is 0.0825. The number of rotatable bonds is 3. The molecule has 2 aliphatic carbocycles. The van der Waals surface area contributed by atoms with Gasteiger partial charge in [0.05, 0.1) is 0 Å². The van der Waals surface area contributed by atoms with E-state index in [0.717, 1.165) is 53.4 Å². The molecule has 4 rings (SSSR count). The molecule has 0 aliphatic heterocycles. The molecule has 0 saturated heterocycles. The van der Waals surface area contributed by atoms with Crippen molar-refractivity contribution in [3.63, 3.8) is 0 Å². The van der Waals surface area contributed by atoms with Crippen LogP contribution in [0.3, 0.4) is 0 Å². The average Bonchev–Trinajstić information content (AvgIpc) is 3.24. The van der Waals surface area contributed by atoms with Crippen molar-refractivity contribution in [2.75, 3.05) is 5.32 Å². The van der Waals surface area contributed by atoms with Crippen LogP contribution in [0, 0.1) is 6.92 Å². The lowest BCUT2D eigenvalue weighted by Crippen LogP contribution is -2.15. The molecule has 0 fully saturated rings. The molecule has 0 aromatic carbocycles. The van der Waals surface area contributed by atoms with Crippen molar-refractivity contribution in [1.29, 1.82) is 0 Å². The maximum absolute atomic E-state index is 12.6. The highest BCUT2D eigenvalue weighted by Gasteiger charge is 2.26. The van der Waals surface area contributed by atoms with Crippen LogP contribution >= 0.6 is 22.7 Å². The Morgan fingerprint density at radius 3 is 2.87 bits per heavy atom. The number of thiazole rings is 1. The Balaban J connectivity index is 1.68. The minimum Gasteiger partial charge on any atom is -0.313 e. The van der Waals surface area contributed by atoms with Crippen LogP contribution in [0.25, 0.3) is 10.6 Å². The van der Waals surface area contributed by atoms with E-state index >= 15 is 0 Å². The zero-order chi connectivity index (χ0) is 15.8. The van der Waals surface area contributed by atoms with Crippen molar-refractivity contribution in [2.45, 2.75) is 51.9 Å². The van der Waals surface area contributed by atoms with Gasteiger partial charge in [-0.25, -0.2) is 4.98 Å². The molecule has 1 amide bonds.